The zero-order chi connectivity index (χ0) is 21.2. The van der Waals surface area contributed by atoms with Crippen LogP contribution < -0.4 is 11.3 Å². The molecule has 1 heterocycles. The van der Waals surface area contributed by atoms with E-state index in [1.807, 2.05) is 0 Å². The van der Waals surface area contributed by atoms with E-state index in [1.165, 1.54) is 18.2 Å². The average molecular weight is 292 g/mol. The smallest absolute Gasteiger partial charge is 0.264 e. The Morgan fingerprint density at radius 1 is 1.43 bits per heavy atom. The van der Waals surface area contributed by atoms with Gasteiger partial charge < -0.3 is 5.73 Å². The van der Waals surface area contributed by atoms with Crippen molar-refractivity contribution in [3.8, 4) is 0 Å². The van der Waals surface area contributed by atoms with Gasteiger partial charge in [-0.1, -0.05) is 6.07 Å². The molecule has 1 aliphatic rings. The molecule has 2 aromatic rings. The van der Waals surface area contributed by atoms with Gasteiger partial charge in [0.1, 0.15) is 11.6 Å². The normalized spacial score (nSPS) is 29.5. The minimum absolute atomic E-state index is 0.0599. The topological polar surface area (TPSA) is 95.0 Å². The molecule has 0 amide bonds. The Morgan fingerprint density at radius 3 is 3.00 bits per heavy atom. The number of hydrogen-bond acceptors (Lipinski definition) is 5. The largest absolute Gasteiger partial charge is 0.398 e. The lowest BCUT2D eigenvalue weighted by molar-refractivity contribution is -0.132. The molecule has 0 aliphatic heterocycles. The van der Waals surface area contributed by atoms with Crippen LogP contribution in [0.3, 0.4) is 0 Å². The Morgan fingerprint density at radius 2 is 2.24 bits per heavy atom. The number of anilines is 1. The van der Waals surface area contributed by atoms with Gasteiger partial charge in [0.05, 0.1) is 23.4 Å². The number of rotatable bonds is 1. The second-order valence-electron chi connectivity index (χ2n) is 4.59. The number of aromatic nitrogens is 2. The Hall–Kier alpha value is -2.50. The third-order valence-electron chi connectivity index (χ3n) is 3.21. The second-order valence-corrected chi connectivity index (χ2v) is 4.59. The highest BCUT2D eigenvalue weighted by Gasteiger charge is 2.30. The molecule has 3 rings (SSSR count). The molecule has 0 saturated heterocycles. The molecule has 1 atom stereocenters. The monoisotopic (exact) mass is 292 g/mol. The molecule has 1 unspecified atom stereocenters. The molecule has 1 saturated carbocycles. The number of aryl methyl sites for hydroxylation is 1. The van der Waals surface area contributed by atoms with E-state index in [9.17, 15) is 14.4 Å². The number of nitrogens with zero attached hydrogens (tertiary/aromatic N) is 2. The number of nitrogens with two attached hydrogens (primary N) is 1. The van der Waals surface area contributed by atoms with Crippen molar-refractivity contribution in [3.05, 3.63) is 34.4 Å². The van der Waals surface area contributed by atoms with E-state index >= 15 is 0 Å². The first-order valence-electron chi connectivity index (χ1n) is 9.58. The fourth-order valence-corrected chi connectivity index (χ4v) is 2.24. The summed E-state index contributed by atoms with van der Waals surface area (Å²) in [6, 6.07) is 1.94. The summed E-state index contributed by atoms with van der Waals surface area (Å²) in [7, 11) is 0. The predicted octanol–water partition coefficient (Wildman–Crippen LogP) is 1.15. The summed E-state index contributed by atoms with van der Waals surface area (Å²) >= 11 is 0. The molecular weight excluding hydrogens is 270 g/mol. The van der Waals surface area contributed by atoms with Crippen molar-refractivity contribution in [1.29, 1.82) is 0 Å². The summed E-state index contributed by atoms with van der Waals surface area (Å²) < 4.78 is 55.1. The number of nitrogen functional groups attached to an aromatic ring is 1. The maximum absolute atomic E-state index is 13.1. The minimum atomic E-state index is -3.19. The van der Waals surface area contributed by atoms with E-state index in [0.717, 1.165) is 0 Å². The molecule has 1 aromatic heterocycles. The minimum Gasteiger partial charge on any atom is -0.398 e. The lowest BCUT2D eigenvalue weighted by Crippen LogP contribution is -2.36. The number of hydrogen-bond donors (Lipinski definition) is 1. The summed E-state index contributed by atoms with van der Waals surface area (Å²) in [5.41, 5.74) is 4.57. The van der Waals surface area contributed by atoms with Crippen molar-refractivity contribution in [2.75, 3.05) is 5.73 Å². The lowest BCUT2D eigenvalue weighted by Gasteiger charge is -2.24. The fourth-order valence-electron chi connectivity index (χ4n) is 2.24. The zero-order valence-corrected chi connectivity index (χ0v) is 10.7. The average Bonchev–Trinajstić information content (AvgIpc) is 2.54. The van der Waals surface area contributed by atoms with Crippen LogP contribution in [0.4, 0.5) is 5.69 Å². The highest BCUT2D eigenvalue weighted by molar-refractivity contribution is 6.03. The number of carbonyl (C=O) groups is 2. The summed E-state index contributed by atoms with van der Waals surface area (Å²) in [6.45, 7) is -3.03. The van der Waals surface area contributed by atoms with E-state index in [1.54, 1.807) is 0 Å². The molecule has 6 nitrogen and oxygen atoms in total. The molecule has 1 fully saturated rings. The van der Waals surface area contributed by atoms with Gasteiger partial charge >= 0.3 is 0 Å². The third kappa shape index (κ3) is 2.12. The van der Waals surface area contributed by atoms with E-state index in [-0.39, 0.29) is 16.6 Å². The Labute approximate surface area is 130 Å². The van der Waals surface area contributed by atoms with Crippen molar-refractivity contribution in [1.82, 2.24) is 9.55 Å². The molecule has 2 N–H and O–H groups in total. The van der Waals surface area contributed by atoms with Crippen molar-refractivity contribution >= 4 is 28.2 Å². The molecule has 1 aromatic carbocycles. The lowest BCUT2D eigenvalue weighted by atomic mass is 9.92. The standard InChI is InChI=1S/C15H15N3O3/c1-8-17-11-4-2-3-10(16)14(11)15(21)18(8)12-6-5-9(19)7-13(12)20/h2-4,12H,5-7,16H2,1H3/i1D3,5D2,6D2. The van der Waals surface area contributed by atoms with Crippen LogP contribution in [0.5, 0.6) is 0 Å². The van der Waals surface area contributed by atoms with Gasteiger partial charge in [-0.05, 0) is 25.4 Å². The second kappa shape index (κ2) is 4.80. The summed E-state index contributed by atoms with van der Waals surface area (Å²) in [5, 5.41) is -0.225. The van der Waals surface area contributed by atoms with E-state index in [2.05, 4.69) is 4.98 Å². The number of ketones is 2. The van der Waals surface area contributed by atoms with Gasteiger partial charge in [0.2, 0.25) is 0 Å². The Bertz CT molecular complexity index is 1070. The zero-order valence-electron chi connectivity index (χ0n) is 17.7. The molecule has 0 radical (unpaired) electrons. The molecule has 1 aliphatic carbocycles. The van der Waals surface area contributed by atoms with Crippen LogP contribution in [-0.4, -0.2) is 21.1 Å². The number of fused-ring (bicyclic) bond motifs is 1. The Kier molecular flexibility index (Phi) is 1.71. The summed E-state index contributed by atoms with van der Waals surface area (Å²) in [4.78, 5) is 41.4. The quantitative estimate of drug-likeness (QED) is 0.628. The summed E-state index contributed by atoms with van der Waals surface area (Å²) in [6.07, 6.45) is -7.29. The number of benzene rings is 1. The number of carbonyl (C=O) groups excluding carboxylic acids is 2. The van der Waals surface area contributed by atoms with Crippen molar-refractivity contribution in [3.63, 3.8) is 0 Å². The van der Waals surface area contributed by atoms with Crippen LogP contribution in [0.15, 0.2) is 23.0 Å². The highest BCUT2D eigenvalue weighted by atomic mass is 16.2. The van der Waals surface area contributed by atoms with Gasteiger partial charge in [0.25, 0.3) is 5.56 Å². The molecule has 0 spiro atoms. The van der Waals surface area contributed by atoms with Crippen molar-refractivity contribution in [2.24, 2.45) is 0 Å². The van der Waals surface area contributed by atoms with Crippen LogP contribution in [0.1, 0.15) is 40.6 Å². The SMILES string of the molecule is [2H]C([2H])([2H])c1nc2cccc(N)c2c(=O)n1C1C(=O)CC(=O)C([2H])([2H])C1([2H])[2H]. The van der Waals surface area contributed by atoms with Crippen LogP contribution in [0.25, 0.3) is 10.9 Å². The van der Waals surface area contributed by atoms with Crippen LogP contribution >= 0.6 is 0 Å². The molecular formula is C15H15N3O3. The molecule has 21 heavy (non-hydrogen) atoms. The van der Waals surface area contributed by atoms with E-state index in [4.69, 9.17) is 15.3 Å². The highest BCUT2D eigenvalue weighted by Crippen LogP contribution is 2.24. The molecule has 0 bridgehead atoms. The Balaban J connectivity index is 2.47. The van der Waals surface area contributed by atoms with Gasteiger partial charge in [-0.15, -0.1) is 0 Å². The molecule has 108 valence electrons. The molecule has 6 heteroatoms. The van der Waals surface area contributed by atoms with Gasteiger partial charge in [0, 0.05) is 21.7 Å². The van der Waals surface area contributed by atoms with Crippen LogP contribution in [0.2, 0.25) is 0 Å². The first-order chi connectivity index (χ1) is 12.7. The van der Waals surface area contributed by atoms with Gasteiger partial charge in [0.15, 0.2) is 5.78 Å². The van der Waals surface area contributed by atoms with Gasteiger partial charge in [-0.3, -0.25) is 19.0 Å². The van der Waals surface area contributed by atoms with E-state index in [0.29, 0.717) is 4.57 Å². The van der Waals surface area contributed by atoms with Gasteiger partial charge in [-0.2, -0.15) is 0 Å². The maximum Gasteiger partial charge on any atom is 0.264 e. The predicted molar refractivity (Wildman–Crippen MR) is 78.1 cm³/mol. The van der Waals surface area contributed by atoms with Crippen molar-refractivity contribution in [2.45, 2.75) is 32.1 Å². The first-order valence-corrected chi connectivity index (χ1v) is 6.08. The van der Waals surface area contributed by atoms with Crippen molar-refractivity contribution < 1.29 is 19.2 Å². The summed E-state index contributed by atoms with van der Waals surface area (Å²) in [5.74, 6) is -3.29. The maximum atomic E-state index is 13.1. The fraction of sp³-hybridized carbons (Fsp3) is 0.333. The van der Waals surface area contributed by atoms with Gasteiger partial charge in [-0.25, -0.2) is 4.98 Å². The van der Waals surface area contributed by atoms with Crippen LogP contribution in [-0.2, 0) is 9.59 Å². The third-order valence-corrected chi connectivity index (χ3v) is 3.21. The number of Topliss-reactive ketones (excluding diaryl/α,β-unsaturated/α-hetero) is 2. The van der Waals surface area contributed by atoms with E-state index < -0.39 is 55.0 Å². The van der Waals surface area contributed by atoms with Crippen LogP contribution in [0, 0.1) is 6.85 Å². The first kappa shape index (κ1) is 7.49.